The van der Waals surface area contributed by atoms with Crippen molar-refractivity contribution in [2.75, 3.05) is 0 Å². The second kappa shape index (κ2) is 9.06. The third kappa shape index (κ3) is 5.02. The van der Waals surface area contributed by atoms with Crippen LogP contribution in [0.2, 0.25) is 5.02 Å². The highest BCUT2D eigenvalue weighted by Crippen LogP contribution is 2.30. The molecule has 1 aromatic heterocycles. The van der Waals surface area contributed by atoms with Crippen LogP contribution in [0.25, 0.3) is 22.8 Å². The Kier molecular flexibility index (Phi) is 6.76. The predicted octanol–water partition coefficient (Wildman–Crippen LogP) is 6.79. The average Bonchev–Trinajstić information content (AvgIpc) is 3.12. The van der Waals surface area contributed by atoms with Gasteiger partial charge in [0.05, 0.1) is 9.67 Å². The summed E-state index contributed by atoms with van der Waals surface area (Å²) in [5, 5.41) is 4.86. The molecule has 0 aliphatic rings. The fourth-order valence-electron chi connectivity index (χ4n) is 2.70. The van der Waals surface area contributed by atoms with Gasteiger partial charge in [0.2, 0.25) is 5.82 Å². The number of aromatic nitrogens is 2. The predicted molar refractivity (Wildman–Crippen MR) is 117 cm³/mol. The van der Waals surface area contributed by atoms with E-state index in [1.807, 2.05) is 50.2 Å². The molecule has 0 spiro atoms. The minimum atomic E-state index is 0.131. The Labute approximate surface area is 178 Å². The number of aryl methyl sites for hydroxylation is 1. The molecule has 0 radical (unpaired) electrons. The molecule has 0 N–H and O–H groups in total. The number of hydrogen-bond donors (Lipinski definition) is 0. The zero-order valence-corrected chi connectivity index (χ0v) is 18.5. The summed E-state index contributed by atoms with van der Waals surface area (Å²) in [7, 11) is 0. The Hall–Kier alpha value is -1.60. The highest BCUT2D eigenvalue weighted by molar-refractivity contribution is 14.1. The fraction of sp³-hybridized carbons (Fsp3) is 0.333. The molecule has 0 fully saturated rings. The van der Waals surface area contributed by atoms with E-state index in [1.165, 1.54) is 0 Å². The smallest absolute Gasteiger partial charge is 0.258 e. The minimum Gasteiger partial charge on any atom is -0.490 e. The molecule has 6 heteroatoms. The van der Waals surface area contributed by atoms with Crippen molar-refractivity contribution in [1.29, 1.82) is 0 Å². The van der Waals surface area contributed by atoms with Gasteiger partial charge in [-0.15, -0.1) is 0 Å². The van der Waals surface area contributed by atoms with Crippen LogP contribution in [0.1, 0.15) is 39.2 Å². The van der Waals surface area contributed by atoms with Crippen LogP contribution < -0.4 is 4.74 Å². The normalized spacial score (nSPS) is 11.2. The lowest BCUT2D eigenvalue weighted by molar-refractivity contribution is 0.240. The van der Waals surface area contributed by atoms with E-state index in [0.717, 1.165) is 50.3 Å². The van der Waals surface area contributed by atoms with E-state index in [1.54, 1.807) is 0 Å². The summed E-state index contributed by atoms with van der Waals surface area (Å²) in [5.74, 6) is 1.86. The van der Waals surface area contributed by atoms with Crippen molar-refractivity contribution in [3.05, 3.63) is 50.6 Å². The summed E-state index contributed by atoms with van der Waals surface area (Å²) in [6.45, 7) is 6.19. The van der Waals surface area contributed by atoms with E-state index >= 15 is 0 Å². The summed E-state index contributed by atoms with van der Waals surface area (Å²) in [6, 6.07) is 11.8. The first kappa shape index (κ1) is 20.1. The van der Waals surface area contributed by atoms with Crippen molar-refractivity contribution in [2.45, 2.75) is 46.1 Å². The van der Waals surface area contributed by atoms with E-state index in [0.29, 0.717) is 11.7 Å². The van der Waals surface area contributed by atoms with Crippen LogP contribution in [0.3, 0.4) is 0 Å². The molecule has 3 aromatic rings. The third-order valence-corrected chi connectivity index (χ3v) is 5.27. The quantitative estimate of drug-likeness (QED) is 0.338. The van der Waals surface area contributed by atoms with Gasteiger partial charge >= 0.3 is 0 Å². The van der Waals surface area contributed by atoms with Crippen LogP contribution in [0.15, 0.2) is 40.9 Å². The molecule has 0 atom stereocenters. The minimum absolute atomic E-state index is 0.131. The van der Waals surface area contributed by atoms with E-state index in [-0.39, 0.29) is 6.10 Å². The first-order chi connectivity index (χ1) is 13.0. The molecule has 4 nitrogen and oxygen atoms in total. The van der Waals surface area contributed by atoms with Crippen molar-refractivity contribution in [3.63, 3.8) is 0 Å². The van der Waals surface area contributed by atoms with Gasteiger partial charge < -0.3 is 9.26 Å². The van der Waals surface area contributed by atoms with Gasteiger partial charge in [0.15, 0.2) is 0 Å². The Morgan fingerprint density at radius 1 is 1.15 bits per heavy atom. The monoisotopic (exact) mass is 496 g/mol. The number of nitrogens with zero attached hydrogens (tertiary/aromatic N) is 2. The summed E-state index contributed by atoms with van der Waals surface area (Å²) in [6.07, 6.45) is 3.38. The van der Waals surface area contributed by atoms with Gasteiger partial charge in [0, 0.05) is 16.1 Å². The van der Waals surface area contributed by atoms with Crippen molar-refractivity contribution in [2.24, 2.45) is 0 Å². The first-order valence-electron chi connectivity index (χ1n) is 9.07. The molecule has 0 saturated heterocycles. The zero-order chi connectivity index (χ0) is 19.4. The number of ether oxygens (including phenoxy) is 1. The SMILES string of the molecule is CCCCc1ccc(-c2nc(-c3ccc(OC(C)C)c(I)c3)no2)cc1Cl. The Morgan fingerprint density at radius 3 is 2.59 bits per heavy atom. The molecular formula is C21H22ClIN2O2. The number of unbranched alkanes of at least 4 members (excludes halogenated alkanes) is 1. The second-order valence-corrected chi connectivity index (χ2v) is 8.21. The lowest BCUT2D eigenvalue weighted by Gasteiger charge is -2.11. The molecule has 0 aliphatic heterocycles. The second-order valence-electron chi connectivity index (χ2n) is 6.64. The van der Waals surface area contributed by atoms with Gasteiger partial charge in [-0.1, -0.05) is 36.2 Å². The van der Waals surface area contributed by atoms with E-state index in [4.69, 9.17) is 20.9 Å². The van der Waals surface area contributed by atoms with Gasteiger partial charge in [-0.25, -0.2) is 0 Å². The van der Waals surface area contributed by atoms with Crippen LogP contribution in [0.5, 0.6) is 5.75 Å². The standard InChI is InChI=1S/C21H22ClIN2O2/c1-4-5-6-14-7-8-16(11-17(14)22)21-24-20(25-27-21)15-9-10-19(18(23)12-15)26-13(2)3/h7-13H,4-6H2,1-3H3. The lowest BCUT2D eigenvalue weighted by atomic mass is 10.1. The van der Waals surface area contributed by atoms with Gasteiger partial charge in [0.1, 0.15) is 5.75 Å². The number of halogens is 2. The van der Waals surface area contributed by atoms with Crippen LogP contribution in [0.4, 0.5) is 0 Å². The van der Waals surface area contributed by atoms with Gasteiger partial charge in [0.25, 0.3) is 5.89 Å². The highest BCUT2D eigenvalue weighted by Gasteiger charge is 2.14. The molecule has 0 bridgehead atoms. The summed E-state index contributed by atoms with van der Waals surface area (Å²) in [4.78, 5) is 4.53. The number of rotatable bonds is 7. The van der Waals surface area contributed by atoms with E-state index in [9.17, 15) is 0 Å². The molecular weight excluding hydrogens is 475 g/mol. The molecule has 0 unspecified atom stereocenters. The molecule has 0 aliphatic carbocycles. The molecule has 2 aromatic carbocycles. The van der Waals surface area contributed by atoms with Crippen molar-refractivity contribution < 1.29 is 9.26 Å². The zero-order valence-electron chi connectivity index (χ0n) is 15.6. The molecule has 0 amide bonds. The van der Waals surface area contributed by atoms with Crippen LogP contribution in [0, 0.1) is 3.57 Å². The maximum absolute atomic E-state index is 6.41. The van der Waals surface area contributed by atoms with Gasteiger partial charge in [-0.3, -0.25) is 0 Å². The van der Waals surface area contributed by atoms with Crippen molar-refractivity contribution in [1.82, 2.24) is 10.1 Å². The van der Waals surface area contributed by atoms with Crippen LogP contribution in [-0.2, 0) is 6.42 Å². The summed E-state index contributed by atoms with van der Waals surface area (Å²) in [5.41, 5.74) is 2.86. The molecule has 0 saturated carbocycles. The number of benzene rings is 2. The maximum atomic E-state index is 6.41. The number of hydrogen-bond acceptors (Lipinski definition) is 4. The van der Waals surface area contributed by atoms with E-state index in [2.05, 4.69) is 39.7 Å². The average molecular weight is 497 g/mol. The third-order valence-electron chi connectivity index (χ3n) is 4.08. The van der Waals surface area contributed by atoms with Gasteiger partial charge in [-0.05, 0) is 85.2 Å². The van der Waals surface area contributed by atoms with Crippen LogP contribution >= 0.6 is 34.2 Å². The Bertz CT molecular complexity index is 924. The topological polar surface area (TPSA) is 48.2 Å². The summed E-state index contributed by atoms with van der Waals surface area (Å²) < 4.78 is 12.2. The van der Waals surface area contributed by atoms with Crippen LogP contribution in [-0.4, -0.2) is 16.2 Å². The maximum Gasteiger partial charge on any atom is 0.258 e. The lowest BCUT2D eigenvalue weighted by Crippen LogP contribution is -2.06. The van der Waals surface area contributed by atoms with E-state index < -0.39 is 0 Å². The van der Waals surface area contributed by atoms with Crippen molar-refractivity contribution >= 4 is 34.2 Å². The van der Waals surface area contributed by atoms with Crippen molar-refractivity contribution in [3.8, 4) is 28.6 Å². The first-order valence-corrected chi connectivity index (χ1v) is 10.5. The molecule has 1 heterocycles. The molecule has 27 heavy (non-hydrogen) atoms. The fourth-order valence-corrected chi connectivity index (χ4v) is 3.62. The molecule has 142 valence electrons. The highest BCUT2D eigenvalue weighted by atomic mass is 127. The largest absolute Gasteiger partial charge is 0.490 e. The van der Waals surface area contributed by atoms with Gasteiger partial charge in [-0.2, -0.15) is 4.98 Å². The Balaban J connectivity index is 1.82. The Morgan fingerprint density at radius 2 is 1.93 bits per heavy atom. The summed E-state index contributed by atoms with van der Waals surface area (Å²) >= 11 is 8.67. The molecule has 3 rings (SSSR count).